The molecule has 2 aliphatic rings. The van der Waals surface area contributed by atoms with Gasteiger partial charge >= 0.3 is 5.97 Å². The second kappa shape index (κ2) is 2.75. The lowest BCUT2D eigenvalue weighted by Gasteiger charge is -2.42. The first-order valence-electron chi connectivity index (χ1n) is 5.16. The molecule has 3 heteroatoms. The average Bonchev–Trinajstić information content (AvgIpc) is 2.15. The molecule has 2 unspecified atom stereocenters. The molecule has 3 rings (SSSR count). The molecule has 2 aliphatic heterocycles. The number of rotatable bonds is 0. The number of carbonyl (C=O) groups is 1. The molecule has 0 saturated carbocycles. The van der Waals surface area contributed by atoms with Crippen molar-refractivity contribution in [1.29, 1.82) is 0 Å². The molecule has 1 saturated heterocycles. The highest BCUT2D eigenvalue weighted by atomic mass is 16.7. The van der Waals surface area contributed by atoms with Crippen molar-refractivity contribution < 1.29 is 14.3 Å². The Kier molecular flexibility index (Phi) is 1.61. The largest absolute Gasteiger partial charge is 0.452 e. The monoisotopic (exact) mass is 204 g/mol. The van der Waals surface area contributed by atoms with Gasteiger partial charge in [-0.15, -0.1) is 0 Å². The van der Waals surface area contributed by atoms with Crippen LogP contribution < -0.4 is 4.74 Å². The molecule has 0 aromatic heterocycles. The molecule has 2 bridgehead atoms. The van der Waals surface area contributed by atoms with Crippen LogP contribution in [0.1, 0.15) is 31.2 Å². The Balaban J connectivity index is 2.10. The van der Waals surface area contributed by atoms with Crippen LogP contribution in [0.2, 0.25) is 0 Å². The van der Waals surface area contributed by atoms with Gasteiger partial charge < -0.3 is 9.47 Å². The summed E-state index contributed by atoms with van der Waals surface area (Å²) in [4.78, 5) is 11.4. The highest BCUT2D eigenvalue weighted by Gasteiger charge is 2.45. The maximum atomic E-state index is 11.4. The van der Waals surface area contributed by atoms with Gasteiger partial charge in [-0.2, -0.15) is 0 Å². The molecule has 1 fully saturated rings. The molecular formula is C12H12O3. The third kappa shape index (κ3) is 1.30. The van der Waals surface area contributed by atoms with Crippen LogP contribution in [-0.2, 0) is 9.53 Å². The fraction of sp³-hybridized carbons (Fsp3) is 0.417. The van der Waals surface area contributed by atoms with Gasteiger partial charge in [0.05, 0.1) is 6.42 Å². The van der Waals surface area contributed by atoms with Gasteiger partial charge in [-0.05, 0) is 11.6 Å². The van der Waals surface area contributed by atoms with E-state index < -0.39 is 5.79 Å². The zero-order valence-electron chi connectivity index (χ0n) is 8.53. The topological polar surface area (TPSA) is 35.5 Å². The van der Waals surface area contributed by atoms with Gasteiger partial charge in [0.1, 0.15) is 5.75 Å². The summed E-state index contributed by atoms with van der Waals surface area (Å²) in [6, 6.07) is 7.87. The second-order valence-electron chi connectivity index (χ2n) is 4.35. The molecule has 1 aromatic carbocycles. The highest BCUT2D eigenvalue weighted by Crippen LogP contribution is 2.46. The summed E-state index contributed by atoms with van der Waals surface area (Å²) >= 11 is 0. The van der Waals surface area contributed by atoms with Gasteiger partial charge in [0, 0.05) is 19.3 Å². The van der Waals surface area contributed by atoms with E-state index >= 15 is 0 Å². The molecule has 0 spiro atoms. The van der Waals surface area contributed by atoms with Crippen LogP contribution >= 0.6 is 0 Å². The lowest BCUT2D eigenvalue weighted by Crippen LogP contribution is -2.46. The van der Waals surface area contributed by atoms with Crippen molar-refractivity contribution in [2.75, 3.05) is 0 Å². The lowest BCUT2D eigenvalue weighted by atomic mass is 9.84. The Morgan fingerprint density at radius 3 is 3.00 bits per heavy atom. The number of esters is 1. The zero-order chi connectivity index (χ0) is 10.5. The molecule has 3 nitrogen and oxygen atoms in total. The Bertz CT molecular complexity index is 427. The Morgan fingerprint density at radius 2 is 2.13 bits per heavy atom. The first kappa shape index (κ1) is 8.77. The van der Waals surface area contributed by atoms with Crippen molar-refractivity contribution in [2.24, 2.45) is 0 Å². The molecule has 0 radical (unpaired) electrons. The van der Waals surface area contributed by atoms with Gasteiger partial charge in [0.15, 0.2) is 0 Å². The Labute approximate surface area is 88.0 Å². The number of hydrogen-bond donors (Lipinski definition) is 0. The zero-order valence-corrected chi connectivity index (χ0v) is 8.53. The van der Waals surface area contributed by atoms with E-state index in [1.165, 1.54) is 0 Å². The molecule has 0 amide bonds. The van der Waals surface area contributed by atoms with E-state index in [4.69, 9.17) is 9.47 Å². The van der Waals surface area contributed by atoms with Gasteiger partial charge in [-0.25, -0.2) is 0 Å². The van der Waals surface area contributed by atoms with Crippen LogP contribution in [0.3, 0.4) is 0 Å². The number of ether oxygens (including phenoxy) is 2. The molecular weight excluding hydrogens is 192 g/mol. The van der Waals surface area contributed by atoms with Crippen LogP contribution in [-0.4, -0.2) is 11.8 Å². The number of fused-ring (bicyclic) bond motifs is 4. The van der Waals surface area contributed by atoms with E-state index in [-0.39, 0.29) is 11.9 Å². The van der Waals surface area contributed by atoms with Crippen LogP contribution in [0, 0.1) is 0 Å². The maximum absolute atomic E-state index is 11.4. The molecule has 0 aliphatic carbocycles. The van der Waals surface area contributed by atoms with Gasteiger partial charge in [-0.1, -0.05) is 18.2 Å². The lowest BCUT2D eigenvalue weighted by molar-refractivity contribution is -0.211. The number of carbonyl (C=O) groups excluding carboxylic acids is 1. The van der Waals surface area contributed by atoms with Gasteiger partial charge in [-0.3, -0.25) is 4.79 Å². The third-order valence-corrected chi connectivity index (χ3v) is 3.04. The van der Waals surface area contributed by atoms with Crippen molar-refractivity contribution in [3.63, 3.8) is 0 Å². The second-order valence-corrected chi connectivity index (χ2v) is 4.35. The molecule has 1 aromatic rings. The van der Waals surface area contributed by atoms with Crippen LogP contribution in [0.5, 0.6) is 5.75 Å². The van der Waals surface area contributed by atoms with E-state index in [1.807, 2.05) is 31.2 Å². The molecule has 2 atom stereocenters. The van der Waals surface area contributed by atoms with Gasteiger partial charge in [0.2, 0.25) is 0 Å². The minimum Gasteiger partial charge on any atom is -0.452 e. The molecule has 0 N–H and O–H groups in total. The number of para-hydroxylation sites is 1. The molecule has 78 valence electrons. The van der Waals surface area contributed by atoms with Crippen LogP contribution in [0.25, 0.3) is 0 Å². The summed E-state index contributed by atoms with van der Waals surface area (Å²) in [6.07, 6.45) is 1.23. The van der Waals surface area contributed by atoms with E-state index in [0.29, 0.717) is 6.42 Å². The minimum atomic E-state index is -0.756. The van der Waals surface area contributed by atoms with E-state index in [9.17, 15) is 4.79 Å². The maximum Gasteiger partial charge on any atom is 0.309 e. The standard InChI is InChI=1S/C12H12O3/c1-12-7-8(6-11(13)15-12)9-4-2-3-5-10(9)14-12/h2-5,8H,6-7H2,1H3. The normalized spacial score (nSPS) is 32.6. The number of hydrogen-bond acceptors (Lipinski definition) is 3. The predicted molar refractivity (Wildman–Crippen MR) is 53.5 cm³/mol. The number of benzene rings is 1. The first-order valence-corrected chi connectivity index (χ1v) is 5.16. The van der Waals surface area contributed by atoms with Crippen LogP contribution in [0.4, 0.5) is 0 Å². The quantitative estimate of drug-likeness (QED) is 0.608. The highest BCUT2D eigenvalue weighted by molar-refractivity contribution is 5.72. The van der Waals surface area contributed by atoms with Crippen molar-refractivity contribution in [3.05, 3.63) is 29.8 Å². The summed E-state index contributed by atoms with van der Waals surface area (Å²) in [7, 11) is 0. The van der Waals surface area contributed by atoms with Crippen LogP contribution in [0.15, 0.2) is 24.3 Å². The smallest absolute Gasteiger partial charge is 0.309 e. The average molecular weight is 204 g/mol. The predicted octanol–water partition coefficient (Wildman–Crippen LogP) is 2.22. The molecule has 2 heterocycles. The van der Waals surface area contributed by atoms with Crippen molar-refractivity contribution in [1.82, 2.24) is 0 Å². The SMILES string of the molecule is CC12CC(CC(=O)O1)c1ccccc1O2. The van der Waals surface area contributed by atoms with E-state index in [1.54, 1.807) is 0 Å². The third-order valence-electron chi connectivity index (χ3n) is 3.04. The summed E-state index contributed by atoms with van der Waals surface area (Å²) in [5.41, 5.74) is 1.13. The minimum absolute atomic E-state index is 0.164. The first-order chi connectivity index (χ1) is 7.16. The summed E-state index contributed by atoms with van der Waals surface area (Å²) < 4.78 is 11.0. The fourth-order valence-electron chi connectivity index (χ4n) is 2.47. The van der Waals surface area contributed by atoms with Gasteiger partial charge in [0.25, 0.3) is 5.79 Å². The fourth-order valence-corrected chi connectivity index (χ4v) is 2.47. The van der Waals surface area contributed by atoms with Crippen molar-refractivity contribution in [3.8, 4) is 5.75 Å². The van der Waals surface area contributed by atoms with E-state index in [2.05, 4.69) is 0 Å². The molecule has 15 heavy (non-hydrogen) atoms. The summed E-state index contributed by atoms with van der Waals surface area (Å²) in [5.74, 6) is 0.183. The Hall–Kier alpha value is -1.51. The summed E-state index contributed by atoms with van der Waals surface area (Å²) in [6.45, 7) is 1.83. The van der Waals surface area contributed by atoms with Crippen molar-refractivity contribution in [2.45, 2.75) is 31.5 Å². The summed E-state index contributed by atoms with van der Waals surface area (Å²) in [5, 5.41) is 0. The van der Waals surface area contributed by atoms with E-state index in [0.717, 1.165) is 17.7 Å². The Morgan fingerprint density at radius 1 is 1.33 bits per heavy atom. The van der Waals surface area contributed by atoms with Crippen molar-refractivity contribution >= 4 is 5.97 Å².